The van der Waals surface area contributed by atoms with E-state index in [-0.39, 0.29) is 5.56 Å². The van der Waals surface area contributed by atoms with Crippen LogP contribution in [0.4, 0.5) is 13.2 Å². The van der Waals surface area contributed by atoms with Crippen molar-refractivity contribution in [3.63, 3.8) is 0 Å². The van der Waals surface area contributed by atoms with Gasteiger partial charge in [-0.3, -0.25) is 0 Å². The van der Waals surface area contributed by atoms with Crippen molar-refractivity contribution in [2.75, 3.05) is 0 Å². The lowest BCUT2D eigenvalue weighted by Crippen LogP contribution is -2.08. The first-order valence-corrected chi connectivity index (χ1v) is 19.5. The quantitative estimate of drug-likeness (QED) is 0.175. The van der Waals surface area contributed by atoms with Crippen LogP contribution in [0.5, 0.6) is 0 Å². The molecular formula is C53H33F3N4. The molecule has 0 aliphatic carbocycles. The average Bonchev–Trinajstić information content (AvgIpc) is 3.78. The molecular weight excluding hydrogens is 750 g/mol. The SMILES string of the molecule is Cc1ccccc1-c1ccc2c(c1)c1ccccc1n2-c1cc(C#N)cc(-n2c3ccccc3c3cc(-c4ccccc4C)ccc32)c1-c1ccc(C(F)(F)F)cc1C#N. The number of fused-ring (bicyclic) bond motifs is 6. The Kier molecular flexibility index (Phi) is 8.45. The highest BCUT2D eigenvalue weighted by atomic mass is 19.4. The second-order valence-corrected chi connectivity index (χ2v) is 15.2. The van der Waals surface area contributed by atoms with E-state index >= 15 is 0 Å². The fourth-order valence-electron chi connectivity index (χ4n) is 8.93. The van der Waals surface area contributed by atoms with E-state index in [0.717, 1.165) is 89.1 Å². The maximum Gasteiger partial charge on any atom is 0.416 e. The Bertz CT molecular complexity index is 3300. The first kappa shape index (κ1) is 36.5. The van der Waals surface area contributed by atoms with Crippen molar-refractivity contribution in [3.8, 4) is 56.9 Å². The van der Waals surface area contributed by atoms with Gasteiger partial charge < -0.3 is 9.13 Å². The Morgan fingerprint density at radius 3 is 1.38 bits per heavy atom. The number of hydrogen-bond donors (Lipinski definition) is 0. The fraction of sp³-hybridized carbons (Fsp3) is 0.0566. The van der Waals surface area contributed by atoms with Crippen LogP contribution in [-0.2, 0) is 6.18 Å². The summed E-state index contributed by atoms with van der Waals surface area (Å²) in [7, 11) is 0. The number of nitriles is 2. The second kappa shape index (κ2) is 13.9. The van der Waals surface area contributed by atoms with Crippen LogP contribution in [0.1, 0.15) is 27.8 Å². The van der Waals surface area contributed by atoms with Crippen LogP contribution < -0.4 is 0 Å². The number of aromatic nitrogens is 2. The monoisotopic (exact) mass is 782 g/mol. The van der Waals surface area contributed by atoms with Crippen molar-refractivity contribution in [2.45, 2.75) is 20.0 Å². The van der Waals surface area contributed by atoms with Gasteiger partial charge in [0.25, 0.3) is 0 Å². The Morgan fingerprint density at radius 1 is 0.450 bits per heavy atom. The molecule has 0 atom stereocenters. The molecule has 2 heterocycles. The van der Waals surface area contributed by atoms with Gasteiger partial charge in [0.2, 0.25) is 0 Å². The number of halogens is 3. The lowest BCUT2D eigenvalue weighted by molar-refractivity contribution is -0.137. The number of aryl methyl sites for hydroxylation is 2. The number of nitrogens with zero attached hydrogens (tertiary/aromatic N) is 4. The molecule has 0 fully saturated rings. The molecule has 8 aromatic carbocycles. The molecule has 60 heavy (non-hydrogen) atoms. The van der Waals surface area contributed by atoms with Crippen LogP contribution in [0, 0.1) is 36.5 Å². The van der Waals surface area contributed by atoms with Crippen molar-refractivity contribution in [1.29, 1.82) is 10.5 Å². The van der Waals surface area contributed by atoms with Crippen LogP contribution in [0.15, 0.2) is 164 Å². The predicted molar refractivity (Wildman–Crippen MR) is 235 cm³/mol. The van der Waals surface area contributed by atoms with Crippen molar-refractivity contribution >= 4 is 43.6 Å². The zero-order chi connectivity index (χ0) is 41.3. The van der Waals surface area contributed by atoms with Gasteiger partial charge >= 0.3 is 6.18 Å². The first-order chi connectivity index (χ1) is 29.1. The third kappa shape index (κ3) is 5.74. The van der Waals surface area contributed by atoms with Gasteiger partial charge in [-0.05, 0) is 108 Å². The largest absolute Gasteiger partial charge is 0.416 e. The van der Waals surface area contributed by atoms with Crippen molar-refractivity contribution in [1.82, 2.24) is 9.13 Å². The molecule has 0 radical (unpaired) electrons. The Hall–Kier alpha value is -7.87. The van der Waals surface area contributed by atoms with E-state index in [4.69, 9.17) is 0 Å². The van der Waals surface area contributed by atoms with E-state index in [9.17, 15) is 23.7 Å². The first-order valence-electron chi connectivity index (χ1n) is 19.5. The van der Waals surface area contributed by atoms with Gasteiger partial charge in [0.1, 0.15) is 0 Å². The molecule has 0 aliphatic heterocycles. The third-order valence-electron chi connectivity index (χ3n) is 11.7. The third-order valence-corrected chi connectivity index (χ3v) is 11.7. The van der Waals surface area contributed by atoms with Gasteiger partial charge in [-0.2, -0.15) is 23.7 Å². The van der Waals surface area contributed by atoms with Crippen molar-refractivity contribution in [2.24, 2.45) is 0 Å². The van der Waals surface area contributed by atoms with Crippen molar-refractivity contribution < 1.29 is 13.2 Å². The number of alkyl halides is 3. The number of rotatable bonds is 5. The molecule has 10 aromatic rings. The van der Waals surface area contributed by atoms with E-state index in [1.807, 2.05) is 60.7 Å². The molecule has 0 saturated heterocycles. The van der Waals surface area contributed by atoms with E-state index < -0.39 is 11.7 Å². The molecule has 4 nitrogen and oxygen atoms in total. The maximum absolute atomic E-state index is 14.2. The Labute approximate surface area is 343 Å². The molecule has 0 bridgehead atoms. The minimum absolute atomic E-state index is 0.137. The molecule has 0 N–H and O–H groups in total. The van der Waals surface area contributed by atoms with Crippen LogP contribution in [0.25, 0.3) is 88.4 Å². The lowest BCUT2D eigenvalue weighted by Gasteiger charge is -2.22. The Balaban J connectivity index is 1.35. The maximum atomic E-state index is 14.2. The van der Waals surface area contributed by atoms with Gasteiger partial charge in [0.05, 0.1) is 62.3 Å². The highest BCUT2D eigenvalue weighted by Gasteiger charge is 2.32. The topological polar surface area (TPSA) is 57.4 Å². The van der Waals surface area contributed by atoms with Crippen LogP contribution in [0.3, 0.4) is 0 Å². The summed E-state index contributed by atoms with van der Waals surface area (Å²) in [6.07, 6.45) is -4.66. The summed E-state index contributed by atoms with van der Waals surface area (Å²) >= 11 is 0. The summed E-state index contributed by atoms with van der Waals surface area (Å²) in [5, 5.41) is 25.3. The second-order valence-electron chi connectivity index (χ2n) is 15.2. The van der Waals surface area contributed by atoms with Gasteiger partial charge in [0, 0.05) is 32.7 Å². The normalized spacial score (nSPS) is 11.7. The zero-order valence-electron chi connectivity index (χ0n) is 32.5. The Morgan fingerprint density at radius 2 is 0.917 bits per heavy atom. The molecule has 0 saturated carbocycles. The standard InChI is InChI=1S/C53H33F3N4/c1-32-11-3-5-13-39(32)35-19-23-48-44(28-35)42-15-7-9-17-46(42)59(48)50-25-34(30-57)26-51(52(50)41-22-21-38(53(54,55)56)27-37(41)31-58)60-47-18-10-8-16-43(47)45-29-36(20-24-49(45)60)40-14-6-4-12-33(40)2/h3-29H,1-2H3. The zero-order valence-corrected chi connectivity index (χ0v) is 32.5. The summed E-state index contributed by atoms with van der Waals surface area (Å²) in [5.74, 6) is 0. The summed E-state index contributed by atoms with van der Waals surface area (Å²) in [6.45, 7) is 4.16. The minimum Gasteiger partial charge on any atom is -0.308 e. The lowest BCUT2D eigenvalue weighted by atomic mass is 9.93. The van der Waals surface area contributed by atoms with Crippen LogP contribution in [0.2, 0.25) is 0 Å². The molecule has 10 rings (SSSR count). The molecule has 0 spiro atoms. The van der Waals surface area contributed by atoms with E-state index in [2.05, 4.69) is 108 Å². The number of para-hydroxylation sites is 2. The van der Waals surface area contributed by atoms with Gasteiger partial charge in [0.15, 0.2) is 0 Å². The summed E-state index contributed by atoms with van der Waals surface area (Å²) in [4.78, 5) is 0. The number of hydrogen-bond acceptors (Lipinski definition) is 2. The minimum atomic E-state index is -4.66. The summed E-state index contributed by atoms with van der Waals surface area (Å²) in [6, 6.07) is 56.5. The van der Waals surface area contributed by atoms with E-state index in [0.29, 0.717) is 28.1 Å². The highest BCUT2D eigenvalue weighted by Crippen LogP contribution is 2.45. The van der Waals surface area contributed by atoms with Crippen LogP contribution in [-0.4, -0.2) is 9.13 Å². The van der Waals surface area contributed by atoms with Crippen LogP contribution >= 0.6 is 0 Å². The predicted octanol–water partition coefficient (Wildman–Crippen LogP) is 14.3. The number of benzene rings is 8. The highest BCUT2D eigenvalue weighted by molar-refractivity contribution is 6.13. The summed E-state index contributed by atoms with van der Waals surface area (Å²) < 4.78 is 46.9. The average molecular weight is 783 g/mol. The molecule has 0 aliphatic rings. The summed E-state index contributed by atoms with van der Waals surface area (Å²) in [5.41, 5.74) is 11.1. The molecule has 2 aromatic heterocycles. The molecule has 0 amide bonds. The van der Waals surface area contributed by atoms with Gasteiger partial charge in [-0.1, -0.05) is 103 Å². The fourth-order valence-corrected chi connectivity index (χ4v) is 8.93. The molecule has 7 heteroatoms. The van der Waals surface area contributed by atoms with E-state index in [1.54, 1.807) is 12.1 Å². The molecule has 0 unspecified atom stereocenters. The smallest absolute Gasteiger partial charge is 0.308 e. The van der Waals surface area contributed by atoms with Gasteiger partial charge in [-0.15, -0.1) is 0 Å². The van der Waals surface area contributed by atoms with Gasteiger partial charge in [-0.25, -0.2) is 0 Å². The van der Waals surface area contributed by atoms with E-state index in [1.165, 1.54) is 6.07 Å². The molecule has 286 valence electrons. The van der Waals surface area contributed by atoms with Crippen molar-refractivity contribution in [3.05, 3.63) is 192 Å².